The van der Waals surface area contributed by atoms with E-state index in [0.29, 0.717) is 30.5 Å². The number of aryl methyl sites for hydroxylation is 2. The largest absolute Gasteiger partial charge is 0.481 e. The molecule has 2 heterocycles. The fourth-order valence-corrected chi connectivity index (χ4v) is 1.79. The Labute approximate surface area is 121 Å². The van der Waals surface area contributed by atoms with Gasteiger partial charge in [0.1, 0.15) is 11.5 Å². The highest BCUT2D eigenvalue weighted by Crippen LogP contribution is 2.15. The first kappa shape index (κ1) is 14.8. The third-order valence-corrected chi connectivity index (χ3v) is 2.82. The summed E-state index contributed by atoms with van der Waals surface area (Å²) in [4.78, 5) is 19.4. The minimum atomic E-state index is -0.533. The average Bonchev–Trinajstić information content (AvgIpc) is 2.96. The molecule has 2 aromatic rings. The van der Waals surface area contributed by atoms with Gasteiger partial charge in [-0.2, -0.15) is 15.1 Å². The lowest BCUT2D eigenvalue weighted by atomic mass is 10.3. The van der Waals surface area contributed by atoms with Crippen LogP contribution in [-0.2, 0) is 13.0 Å². The predicted molar refractivity (Wildman–Crippen MR) is 74.2 cm³/mol. The van der Waals surface area contributed by atoms with Gasteiger partial charge in [-0.3, -0.25) is 9.48 Å². The minimum absolute atomic E-state index is 0.259. The lowest BCUT2D eigenvalue weighted by molar-refractivity contribution is 0.0994. The van der Waals surface area contributed by atoms with Gasteiger partial charge in [0, 0.05) is 19.2 Å². The number of nitrogens with two attached hydrogens (primary N) is 1. The SMILES string of the molecule is COc1cc(OC)nc(CCCn2ccc(C(N)=O)n2)n1. The van der Waals surface area contributed by atoms with E-state index in [9.17, 15) is 4.79 Å². The van der Waals surface area contributed by atoms with Crippen molar-refractivity contribution in [2.24, 2.45) is 5.73 Å². The molecule has 1 amide bonds. The Bertz CT molecular complexity index is 604. The summed E-state index contributed by atoms with van der Waals surface area (Å²) in [6.07, 6.45) is 3.11. The number of nitrogens with zero attached hydrogens (tertiary/aromatic N) is 4. The van der Waals surface area contributed by atoms with Crippen molar-refractivity contribution in [1.29, 1.82) is 0 Å². The van der Waals surface area contributed by atoms with Crippen molar-refractivity contribution in [2.75, 3.05) is 14.2 Å². The van der Waals surface area contributed by atoms with E-state index < -0.39 is 5.91 Å². The lowest BCUT2D eigenvalue weighted by Gasteiger charge is -2.06. The predicted octanol–water partition coefficient (Wildman–Crippen LogP) is 0.422. The van der Waals surface area contributed by atoms with Crippen LogP contribution >= 0.6 is 0 Å². The number of ether oxygens (including phenoxy) is 2. The molecule has 112 valence electrons. The fraction of sp³-hybridized carbons (Fsp3) is 0.385. The molecular weight excluding hydrogens is 274 g/mol. The molecule has 2 aromatic heterocycles. The highest BCUT2D eigenvalue weighted by atomic mass is 16.5. The van der Waals surface area contributed by atoms with Gasteiger partial charge >= 0.3 is 0 Å². The molecule has 0 aromatic carbocycles. The van der Waals surface area contributed by atoms with Crippen LogP contribution in [-0.4, -0.2) is 39.9 Å². The van der Waals surface area contributed by atoms with Crippen molar-refractivity contribution in [3.63, 3.8) is 0 Å². The molecule has 0 spiro atoms. The van der Waals surface area contributed by atoms with Crippen LogP contribution in [0.2, 0.25) is 0 Å². The van der Waals surface area contributed by atoms with Crippen molar-refractivity contribution in [1.82, 2.24) is 19.7 Å². The Balaban J connectivity index is 1.94. The normalized spacial score (nSPS) is 10.4. The third kappa shape index (κ3) is 3.91. The van der Waals surface area contributed by atoms with Crippen LogP contribution in [0.3, 0.4) is 0 Å². The van der Waals surface area contributed by atoms with Gasteiger partial charge in [0.15, 0.2) is 0 Å². The Morgan fingerprint density at radius 3 is 2.48 bits per heavy atom. The van der Waals surface area contributed by atoms with E-state index in [1.54, 1.807) is 37.2 Å². The van der Waals surface area contributed by atoms with Crippen molar-refractivity contribution in [3.8, 4) is 11.8 Å². The van der Waals surface area contributed by atoms with Gasteiger partial charge in [-0.05, 0) is 12.5 Å². The maximum absolute atomic E-state index is 10.9. The second-order valence-corrected chi connectivity index (χ2v) is 4.30. The number of carbonyl (C=O) groups excluding carboxylic acids is 1. The molecule has 2 rings (SSSR count). The first-order chi connectivity index (χ1) is 10.1. The molecule has 0 aliphatic carbocycles. The van der Waals surface area contributed by atoms with Gasteiger partial charge in [0.2, 0.25) is 11.8 Å². The van der Waals surface area contributed by atoms with Crippen molar-refractivity contribution in [3.05, 3.63) is 29.8 Å². The number of primary amides is 1. The first-order valence-electron chi connectivity index (χ1n) is 6.41. The van der Waals surface area contributed by atoms with E-state index in [4.69, 9.17) is 15.2 Å². The minimum Gasteiger partial charge on any atom is -0.481 e. The van der Waals surface area contributed by atoms with Gasteiger partial charge < -0.3 is 15.2 Å². The summed E-state index contributed by atoms with van der Waals surface area (Å²) in [6, 6.07) is 3.21. The maximum Gasteiger partial charge on any atom is 0.269 e. The number of hydrogen-bond donors (Lipinski definition) is 1. The van der Waals surface area contributed by atoms with Crippen LogP contribution in [0.15, 0.2) is 18.3 Å². The number of carbonyl (C=O) groups is 1. The van der Waals surface area contributed by atoms with Crippen LogP contribution in [0, 0.1) is 0 Å². The summed E-state index contributed by atoms with van der Waals surface area (Å²) in [6.45, 7) is 0.635. The molecule has 0 fully saturated rings. The Morgan fingerprint density at radius 1 is 1.29 bits per heavy atom. The zero-order chi connectivity index (χ0) is 15.2. The number of hydrogen-bond acceptors (Lipinski definition) is 6. The summed E-state index contributed by atoms with van der Waals surface area (Å²) in [5, 5.41) is 4.06. The van der Waals surface area contributed by atoms with Crippen molar-refractivity contribution in [2.45, 2.75) is 19.4 Å². The molecule has 8 nitrogen and oxygen atoms in total. The second kappa shape index (κ2) is 6.69. The number of rotatable bonds is 7. The van der Waals surface area contributed by atoms with E-state index >= 15 is 0 Å². The van der Waals surface area contributed by atoms with E-state index in [1.807, 2.05) is 0 Å². The highest BCUT2D eigenvalue weighted by Gasteiger charge is 2.07. The fourth-order valence-electron chi connectivity index (χ4n) is 1.79. The first-order valence-corrected chi connectivity index (χ1v) is 6.41. The van der Waals surface area contributed by atoms with Crippen LogP contribution in [0.4, 0.5) is 0 Å². The number of amides is 1. The van der Waals surface area contributed by atoms with Crippen LogP contribution in [0.25, 0.3) is 0 Å². The molecule has 0 unspecified atom stereocenters. The molecular formula is C13H17N5O3. The summed E-state index contributed by atoms with van der Waals surface area (Å²) in [5.41, 5.74) is 5.41. The van der Waals surface area contributed by atoms with E-state index in [0.717, 1.165) is 6.42 Å². The molecule has 2 N–H and O–H groups in total. The zero-order valence-electron chi connectivity index (χ0n) is 11.9. The van der Waals surface area contributed by atoms with Gasteiger partial charge in [-0.25, -0.2) is 0 Å². The summed E-state index contributed by atoms with van der Waals surface area (Å²) in [5.74, 6) is 1.03. The molecule has 0 aliphatic heterocycles. The van der Waals surface area contributed by atoms with E-state index in [1.165, 1.54) is 0 Å². The second-order valence-electron chi connectivity index (χ2n) is 4.30. The van der Waals surface area contributed by atoms with E-state index in [2.05, 4.69) is 15.1 Å². The molecule has 0 saturated heterocycles. The van der Waals surface area contributed by atoms with Gasteiger partial charge in [-0.15, -0.1) is 0 Å². The molecule has 8 heteroatoms. The highest BCUT2D eigenvalue weighted by molar-refractivity contribution is 5.90. The quantitative estimate of drug-likeness (QED) is 0.792. The zero-order valence-corrected chi connectivity index (χ0v) is 11.9. The third-order valence-electron chi connectivity index (χ3n) is 2.82. The average molecular weight is 291 g/mol. The molecule has 0 saturated carbocycles. The van der Waals surface area contributed by atoms with E-state index in [-0.39, 0.29) is 5.69 Å². The monoisotopic (exact) mass is 291 g/mol. The molecule has 0 bridgehead atoms. The van der Waals surface area contributed by atoms with Gasteiger partial charge in [0.25, 0.3) is 5.91 Å². The van der Waals surface area contributed by atoms with Crippen LogP contribution in [0.5, 0.6) is 11.8 Å². The summed E-state index contributed by atoms with van der Waals surface area (Å²) in [7, 11) is 3.08. The Kier molecular flexibility index (Phi) is 4.70. The molecule has 0 radical (unpaired) electrons. The lowest BCUT2D eigenvalue weighted by Crippen LogP contribution is -2.12. The Hall–Kier alpha value is -2.64. The van der Waals surface area contributed by atoms with Crippen molar-refractivity contribution < 1.29 is 14.3 Å². The number of aromatic nitrogens is 4. The van der Waals surface area contributed by atoms with Crippen LogP contribution in [0.1, 0.15) is 22.7 Å². The van der Waals surface area contributed by atoms with Gasteiger partial charge in [0.05, 0.1) is 20.3 Å². The molecule has 21 heavy (non-hydrogen) atoms. The topological polar surface area (TPSA) is 105 Å². The summed E-state index contributed by atoms with van der Waals surface area (Å²) < 4.78 is 11.8. The van der Waals surface area contributed by atoms with Crippen LogP contribution < -0.4 is 15.2 Å². The van der Waals surface area contributed by atoms with Crippen molar-refractivity contribution >= 4 is 5.91 Å². The molecule has 0 aliphatic rings. The smallest absolute Gasteiger partial charge is 0.269 e. The number of methoxy groups -OCH3 is 2. The standard InChI is InChI=1S/C13H17N5O3/c1-20-11-8-12(21-2)16-10(15-11)4-3-6-18-7-5-9(17-18)13(14)19/h5,7-8H,3-4,6H2,1-2H3,(H2,14,19). The summed E-state index contributed by atoms with van der Waals surface area (Å²) >= 11 is 0. The van der Waals surface area contributed by atoms with Gasteiger partial charge in [-0.1, -0.05) is 0 Å². The molecule has 0 atom stereocenters. The Morgan fingerprint density at radius 2 is 1.95 bits per heavy atom. The maximum atomic E-state index is 10.9.